The monoisotopic (exact) mass is 488 g/mol. The van der Waals surface area contributed by atoms with Gasteiger partial charge < -0.3 is 19.4 Å². The lowest BCUT2D eigenvalue weighted by atomic mass is 10.1. The highest BCUT2D eigenvalue weighted by atomic mass is 32.2. The van der Waals surface area contributed by atoms with Gasteiger partial charge in [0.2, 0.25) is 10.0 Å². The van der Waals surface area contributed by atoms with Gasteiger partial charge >= 0.3 is 0 Å². The number of aromatic nitrogens is 2. The minimum absolute atomic E-state index is 0.00792. The van der Waals surface area contributed by atoms with Gasteiger partial charge in [-0.05, 0) is 42.8 Å². The van der Waals surface area contributed by atoms with Crippen LogP contribution in [-0.4, -0.2) is 61.6 Å². The van der Waals surface area contributed by atoms with E-state index in [0.717, 1.165) is 0 Å². The molecule has 9 nitrogen and oxygen atoms in total. The first-order chi connectivity index (χ1) is 16.3. The second kappa shape index (κ2) is 9.92. The third-order valence-electron chi connectivity index (χ3n) is 5.57. The number of nitrogens with zero attached hydrogens (tertiary/aromatic N) is 3. The Morgan fingerprint density at radius 1 is 1.21 bits per heavy atom. The maximum Gasteiger partial charge on any atom is 0.255 e. The van der Waals surface area contributed by atoms with Gasteiger partial charge in [-0.15, -0.1) is 0 Å². The molecule has 1 N–H and O–H groups in total. The molecule has 0 radical (unpaired) electrons. The number of carbonyl (C=O) groups is 1. The Bertz CT molecular complexity index is 1300. The lowest BCUT2D eigenvalue weighted by Crippen LogP contribution is -2.40. The standard InChI is InChI=1S/C23H25FN4O5S/c1-16-25-7-8-28(16)21-5-3-17(13-20(21)24)15-26-23(29)19-14-18(4-6-22(19)32-2)34(30,31)27-9-11-33-12-10-27/h3-8,13-14H,9-12,15H2,1-2H3,(H,26,29). The van der Waals surface area contributed by atoms with Crippen molar-refractivity contribution in [1.29, 1.82) is 0 Å². The van der Waals surface area contributed by atoms with Crippen molar-refractivity contribution in [1.82, 2.24) is 19.2 Å². The highest BCUT2D eigenvalue weighted by molar-refractivity contribution is 7.89. The van der Waals surface area contributed by atoms with Gasteiger partial charge in [0.05, 0.1) is 36.5 Å². The molecule has 1 amide bonds. The summed E-state index contributed by atoms with van der Waals surface area (Å²) >= 11 is 0. The highest BCUT2D eigenvalue weighted by Crippen LogP contribution is 2.25. The van der Waals surface area contributed by atoms with E-state index in [-0.39, 0.29) is 35.8 Å². The van der Waals surface area contributed by atoms with Crippen LogP contribution >= 0.6 is 0 Å². The summed E-state index contributed by atoms with van der Waals surface area (Å²) in [4.78, 5) is 17.0. The molecule has 1 aliphatic heterocycles. The molecule has 1 fully saturated rings. The van der Waals surface area contributed by atoms with E-state index in [2.05, 4.69) is 10.3 Å². The summed E-state index contributed by atoms with van der Waals surface area (Å²) in [5, 5.41) is 2.71. The minimum atomic E-state index is -3.78. The molecule has 1 aliphatic rings. The molecule has 3 aromatic rings. The first-order valence-electron chi connectivity index (χ1n) is 10.6. The molecule has 180 valence electrons. The number of carbonyl (C=O) groups excluding carboxylic acids is 1. The maximum absolute atomic E-state index is 14.7. The van der Waals surface area contributed by atoms with E-state index in [1.54, 1.807) is 36.0 Å². The molecule has 2 aromatic carbocycles. The molecule has 1 aromatic heterocycles. The van der Waals surface area contributed by atoms with E-state index in [0.29, 0.717) is 30.3 Å². The summed E-state index contributed by atoms with van der Waals surface area (Å²) < 4.78 is 54.1. The molecule has 11 heteroatoms. The van der Waals surface area contributed by atoms with E-state index in [1.165, 1.54) is 35.7 Å². The summed E-state index contributed by atoms with van der Waals surface area (Å²) in [6, 6.07) is 8.81. The number of halogens is 1. The summed E-state index contributed by atoms with van der Waals surface area (Å²) in [7, 11) is -2.39. The number of aryl methyl sites for hydroxylation is 1. The molecular formula is C23H25FN4O5S. The van der Waals surface area contributed by atoms with Crippen LogP contribution in [-0.2, 0) is 21.3 Å². The van der Waals surface area contributed by atoms with Crippen LogP contribution in [0.2, 0.25) is 0 Å². The van der Waals surface area contributed by atoms with Crippen LogP contribution in [0.4, 0.5) is 4.39 Å². The van der Waals surface area contributed by atoms with Crippen LogP contribution in [0.25, 0.3) is 5.69 Å². The molecule has 4 rings (SSSR count). The molecule has 0 unspecified atom stereocenters. The van der Waals surface area contributed by atoms with Gasteiger partial charge in [-0.1, -0.05) is 6.07 Å². The Morgan fingerprint density at radius 3 is 2.62 bits per heavy atom. The SMILES string of the molecule is COc1ccc(S(=O)(=O)N2CCOCC2)cc1C(=O)NCc1ccc(-n2ccnc2C)c(F)c1. The van der Waals surface area contributed by atoms with Crippen LogP contribution < -0.4 is 10.1 Å². The second-order valence-corrected chi connectivity index (χ2v) is 9.63. The number of hydrogen-bond acceptors (Lipinski definition) is 6. The highest BCUT2D eigenvalue weighted by Gasteiger charge is 2.28. The van der Waals surface area contributed by atoms with Crippen molar-refractivity contribution in [3.05, 3.63) is 71.6 Å². The van der Waals surface area contributed by atoms with Crippen molar-refractivity contribution in [2.75, 3.05) is 33.4 Å². The third kappa shape index (κ3) is 4.81. The molecule has 34 heavy (non-hydrogen) atoms. The Labute approximate surface area is 197 Å². The fourth-order valence-corrected chi connectivity index (χ4v) is 5.16. The zero-order valence-electron chi connectivity index (χ0n) is 18.8. The van der Waals surface area contributed by atoms with Gasteiger partial charge in [-0.25, -0.2) is 17.8 Å². The Kier molecular flexibility index (Phi) is 6.96. The maximum atomic E-state index is 14.7. The summed E-state index contributed by atoms with van der Waals surface area (Å²) in [5.74, 6) is -0.107. The molecule has 2 heterocycles. The molecular weight excluding hydrogens is 463 g/mol. The van der Waals surface area contributed by atoms with Gasteiger partial charge in [0, 0.05) is 32.0 Å². The molecule has 0 bridgehead atoms. The van der Waals surface area contributed by atoms with Crippen molar-refractivity contribution in [2.24, 2.45) is 0 Å². The summed E-state index contributed by atoms with van der Waals surface area (Å²) in [5.41, 5.74) is 0.971. The number of rotatable bonds is 7. The van der Waals surface area contributed by atoms with Crippen LogP contribution in [0.1, 0.15) is 21.7 Å². The molecule has 1 saturated heterocycles. The molecule has 0 spiro atoms. The Morgan fingerprint density at radius 2 is 1.97 bits per heavy atom. The number of methoxy groups -OCH3 is 1. The van der Waals surface area contributed by atoms with E-state index in [1.807, 2.05) is 0 Å². The Hall–Kier alpha value is -3.28. The third-order valence-corrected chi connectivity index (χ3v) is 7.47. The van der Waals surface area contributed by atoms with Gasteiger partial charge in [-0.3, -0.25) is 4.79 Å². The first kappa shape index (κ1) is 23.9. The number of imidazole rings is 1. The number of sulfonamides is 1. The fourth-order valence-electron chi connectivity index (χ4n) is 3.73. The van der Waals surface area contributed by atoms with Crippen molar-refractivity contribution in [2.45, 2.75) is 18.4 Å². The van der Waals surface area contributed by atoms with Crippen molar-refractivity contribution < 1.29 is 27.1 Å². The number of benzene rings is 2. The van der Waals surface area contributed by atoms with Gasteiger partial charge in [0.15, 0.2) is 0 Å². The lowest BCUT2D eigenvalue weighted by molar-refractivity contribution is 0.0730. The van der Waals surface area contributed by atoms with E-state index >= 15 is 0 Å². The zero-order chi connectivity index (χ0) is 24.3. The first-order valence-corrected chi connectivity index (χ1v) is 12.1. The number of hydrogen-bond donors (Lipinski definition) is 1. The topological polar surface area (TPSA) is 103 Å². The van der Waals surface area contributed by atoms with E-state index < -0.39 is 21.7 Å². The quantitative estimate of drug-likeness (QED) is 0.548. The summed E-state index contributed by atoms with van der Waals surface area (Å²) in [6.45, 7) is 2.94. The van der Waals surface area contributed by atoms with E-state index in [9.17, 15) is 17.6 Å². The molecule has 0 atom stereocenters. The lowest BCUT2D eigenvalue weighted by Gasteiger charge is -2.26. The second-order valence-electron chi connectivity index (χ2n) is 7.69. The van der Waals surface area contributed by atoms with Gasteiger partial charge in [0.25, 0.3) is 5.91 Å². The van der Waals surface area contributed by atoms with Gasteiger partial charge in [-0.2, -0.15) is 4.31 Å². The average Bonchev–Trinajstić information content (AvgIpc) is 3.28. The predicted octanol–water partition coefficient (Wildman–Crippen LogP) is 2.28. The van der Waals surface area contributed by atoms with Crippen molar-refractivity contribution in [3.63, 3.8) is 0 Å². The number of morpholine rings is 1. The average molecular weight is 489 g/mol. The number of nitrogens with one attached hydrogen (secondary N) is 1. The minimum Gasteiger partial charge on any atom is -0.496 e. The van der Waals surface area contributed by atoms with Crippen molar-refractivity contribution in [3.8, 4) is 11.4 Å². The number of ether oxygens (including phenoxy) is 2. The smallest absolute Gasteiger partial charge is 0.255 e. The Balaban J connectivity index is 1.52. The van der Waals surface area contributed by atoms with Crippen molar-refractivity contribution >= 4 is 15.9 Å². The largest absolute Gasteiger partial charge is 0.496 e. The van der Waals surface area contributed by atoms with Crippen LogP contribution in [0, 0.1) is 12.7 Å². The summed E-state index contributed by atoms with van der Waals surface area (Å²) in [6.07, 6.45) is 3.25. The van der Waals surface area contributed by atoms with Crippen LogP contribution in [0.3, 0.4) is 0 Å². The molecule has 0 aliphatic carbocycles. The van der Waals surface area contributed by atoms with E-state index in [4.69, 9.17) is 9.47 Å². The fraction of sp³-hybridized carbons (Fsp3) is 0.304. The molecule has 0 saturated carbocycles. The predicted molar refractivity (Wildman–Crippen MR) is 122 cm³/mol. The normalized spacial score (nSPS) is 14.7. The van der Waals surface area contributed by atoms with Gasteiger partial charge in [0.1, 0.15) is 17.4 Å². The van der Waals surface area contributed by atoms with Crippen LogP contribution in [0.15, 0.2) is 53.7 Å². The zero-order valence-corrected chi connectivity index (χ0v) is 19.6. The van der Waals surface area contributed by atoms with Crippen LogP contribution in [0.5, 0.6) is 5.75 Å². The number of amides is 1.